The number of carbonyl (C=O) groups is 1. The van der Waals surface area contributed by atoms with Gasteiger partial charge in [0.25, 0.3) is 0 Å². The average molecular weight is 345 g/mol. The van der Waals surface area contributed by atoms with Gasteiger partial charge in [-0.3, -0.25) is 9.48 Å². The van der Waals surface area contributed by atoms with Crippen LogP contribution in [0.5, 0.6) is 0 Å². The molecule has 2 heterocycles. The minimum atomic E-state index is -4.38. The first kappa shape index (κ1) is 18.0. The fourth-order valence-electron chi connectivity index (χ4n) is 2.55. The van der Waals surface area contributed by atoms with Crippen LogP contribution in [0, 0.1) is 13.8 Å². The fourth-order valence-corrected chi connectivity index (χ4v) is 2.55. The highest BCUT2D eigenvalue weighted by Crippen LogP contribution is 2.27. The minimum Gasteiger partial charge on any atom is -0.306 e. The van der Waals surface area contributed by atoms with Gasteiger partial charge >= 0.3 is 6.18 Å². The summed E-state index contributed by atoms with van der Waals surface area (Å²) in [6.45, 7) is 5.33. The minimum absolute atomic E-state index is 0.215. The summed E-state index contributed by atoms with van der Waals surface area (Å²) in [5.74, 6) is -0.904. The Hall–Kier alpha value is -2.39. The van der Waals surface area contributed by atoms with Crippen molar-refractivity contribution in [1.29, 1.82) is 0 Å². The monoisotopic (exact) mass is 345 g/mol. The molecule has 1 N–H and O–H groups in total. The molecular formula is C14H18F3N5O2. The standard InChI is InChI=1S/C14H18F3N5O2/c1-5-10-12(21-24-20-10)18-13(23)7(2)11-8(3)19-22(9(11)4)6-14(15,16)17/h7H,5-6H2,1-4H3,(H,18,21,23)/t7-/m1/s1. The number of carbonyl (C=O) groups excluding carboxylic acids is 1. The van der Waals surface area contributed by atoms with E-state index in [9.17, 15) is 18.0 Å². The summed E-state index contributed by atoms with van der Waals surface area (Å²) in [5, 5.41) is 13.8. The van der Waals surface area contributed by atoms with Crippen molar-refractivity contribution in [3.05, 3.63) is 22.6 Å². The van der Waals surface area contributed by atoms with E-state index in [1.807, 2.05) is 6.92 Å². The third-order valence-corrected chi connectivity index (χ3v) is 3.73. The highest BCUT2D eigenvalue weighted by Gasteiger charge is 2.32. The molecule has 0 aliphatic heterocycles. The number of aromatic nitrogens is 4. The number of amides is 1. The van der Waals surface area contributed by atoms with Crippen LogP contribution in [0.15, 0.2) is 4.63 Å². The van der Waals surface area contributed by atoms with E-state index >= 15 is 0 Å². The van der Waals surface area contributed by atoms with Gasteiger partial charge in [0.1, 0.15) is 12.2 Å². The first-order valence-corrected chi connectivity index (χ1v) is 7.37. The van der Waals surface area contributed by atoms with E-state index < -0.39 is 24.5 Å². The second kappa shape index (κ2) is 6.62. The summed E-state index contributed by atoms with van der Waals surface area (Å²) in [4.78, 5) is 12.4. The van der Waals surface area contributed by atoms with Crippen molar-refractivity contribution in [2.24, 2.45) is 0 Å². The molecular weight excluding hydrogens is 327 g/mol. The third-order valence-electron chi connectivity index (χ3n) is 3.73. The van der Waals surface area contributed by atoms with Gasteiger partial charge < -0.3 is 5.32 Å². The second-order valence-electron chi connectivity index (χ2n) is 5.48. The van der Waals surface area contributed by atoms with E-state index in [1.54, 1.807) is 13.8 Å². The van der Waals surface area contributed by atoms with Crippen LogP contribution in [-0.4, -0.2) is 32.2 Å². The summed E-state index contributed by atoms with van der Waals surface area (Å²) < 4.78 is 43.2. The van der Waals surface area contributed by atoms with Crippen LogP contribution in [0.4, 0.5) is 19.0 Å². The van der Waals surface area contributed by atoms with Gasteiger partial charge in [0.2, 0.25) is 11.7 Å². The van der Waals surface area contributed by atoms with Gasteiger partial charge in [-0.1, -0.05) is 12.1 Å². The van der Waals surface area contributed by atoms with Crippen molar-refractivity contribution in [3.63, 3.8) is 0 Å². The van der Waals surface area contributed by atoms with E-state index in [4.69, 9.17) is 0 Å². The zero-order valence-corrected chi connectivity index (χ0v) is 13.7. The lowest BCUT2D eigenvalue weighted by Crippen LogP contribution is -2.22. The Morgan fingerprint density at radius 2 is 2.00 bits per heavy atom. The van der Waals surface area contributed by atoms with Crippen LogP contribution < -0.4 is 5.32 Å². The van der Waals surface area contributed by atoms with Crippen molar-refractivity contribution < 1.29 is 22.6 Å². The zero-order chi connectivity index (χ0) is 18.1. The van der Waals surface area contributed by atoms with Gasteiger partial charge in [0, 0.05) is 11.3 Å². The number of hydrogen-bond acceptors (Lipinski definition) is 5. The lowest BCUT2D eigenvalue weighted by Gasteiger charge is -2.13. The molecule has 0 unspecified atom stereocenters. The summed E-state index contributed by atoms with van der Waals surface area (Å²) in [6.07, 6.45) is -3.86. The maximum Gasteiger partial charge on any atom is 0.408 e. The van der Waals surface area contributed by atoms with Crippen LogP contribution in [0.2, 0.25) is 0 Å². The molecule has 132 valence electrons. The Morgan fingerprint density at radius 3 is 2.58 bits per heavy atom. The molecule has 0 fully saturated rings. The number of nitrogens with zero attached hydrogens (tertiary/aromatic N) is 4. The highest BCUT2D eigenvalue weighted by molar-refractivity contribution is 5.95. The summed E-state index contributed by atoms with van der Waals surface area (Å²) in [6, 6.07) is 0. The first-order chi connectivity index (χ1) is 11.1. The summed E-state index contributed by atoms with van der Waals surface area (Å²) in [5.41, 5.74) is 1.65. The van der Waals surface area contributed by atoms with Crippen LogP contribution in [-0.2, 0) is 17.8 Å². The van der Waals surface area contributed by atoms with Crippen molar-refractivity contribution in [3.8, 4) is 0 Å². The topological polar surface area (TPSA) is 85.8 Å². The van der Waals surface area contributed by atoms with Crippen LogP contribution >= 0.6 is 0 Å². The van der Waals surface area contributed by atoms with Gasteiger partial charge in [0.15, 0.2) is 0 Å². The molecule has 2 aromatic rings. The van der Waals surface area contributed by atoms with E-state index in [0.717, 1.165) is 4.68 Å². The molecule has 0 saturated heterocycles. The molecule has 1 amide bonds. The normalized spacial score (nSPS) is 13.1. The van der Waals surface area contributed by atoms with Crippen molar-refractivity contribution in [1.82, 2.24) is 20.1 Å². The second-order valence-corrected chi connectivity index (χ2v) is 5.48. The average Bonchev–Trinajstić information content (AvgIpc) is 3.01. The van der Waals surface area contributed by atoms with Crippen molar-refractivity contribution in [2.45, 2.75) is 52.8 Å². The highest BCUT2D eigenvalue weighted by atomic mass is 19.4. The zero-order valence-electron chi connectivity index (χ0n) is 13.7. The maximum atomic E-state index is 12.6. The molecule has 7 nitrogen and oxygen atoms in total. The molecule has 0 aliphatic rings. The number of anilines is 1. The quantitative estimate of drug-likeness (QED) is 0.900. The number of alkyl halides is 3. The van der Waals surface area contributed by atoms with Gasteiger partial charge in [-0.2, -0.15) is 18.3 Å². The molecule has 2 rings (SSSR count). The number of rotatable bonds is 5. The SMILES string of the molecule is CCc1nonc1NC(=O)[C@H](C)c1c(C)nn(CC(F)(F)F)c1C. The molecule has 1 atom stereocenters. The first-order valence-electron chi connectivity index (χ1n) is 7.37. The van der Waals surface area contributed by atoms with E-state index in [2.05, 4.69) is 25.4 Å². The molecule has 0 aromatic carbocycles. The number of nitrogens with one attached hydrogen (secondary N) is 1. The fraction of sp³-hybridized carbons (Fsp3) is 0.571. The molecule has 0 bridgehead atoms. The van der Waals surface area contributed by atoms with Gasteiger partial charge in [-0.15, -0.1) is 0 Å². The Labute approximate surface area is 136 Å². The molecule has 0 aliphatic carbocycles. The number of aryl methyl sites for hydroxylation is 2. The predicted octanol–water partition coefficient (Wildman–Crippen LogP) is 2.75. The molecule has 0 spiro atoms. The molecule has 10 heteroatoms. The third kappa shape index (κ3) is 3.74. The van der Waals surface area contributed by atoms with Crippen molar-refractivity contribution >= 4 is 11.7 Å². The Balaban J connectivity index is 2.23. The Morgan fingerprint density at radius 1 is 1.33 bits per heavy atom. The Kier molecular flexibility index (Phi) is 4.95. The number of hydrogen-bond donors (Lipinski definition) is 1. The summed E-state index contributed by atoms with van der Waals surface area (Å²) >= 11 is 0. The smallest absolute Gasteiger partial charge is 0.306 e. The number of halogens is 3. The van der Waals surface area contributed by atoms with Crippen LogP contribution in [0.1, 0.15) is 42.4 Å². The summed E-state index contributed by atoms with van der Waals surface area (Å²) in [7, 11) is 0. The van der Waals surface area contributed by atoms with Gasteiger partial charge in [-0.05, 0) is 32.3 Å². The van der Waals surface area contributed by atoms with Crippen LogP contribution in [0.25, 0.3) is 0 Å². The van der Waals surface area contributed by atoms with Crippen LogP contribution in [0.3, 0.4) is 0 Å². The van der Waals surface area contributed by atoms with E-state index in [-0.39, 0.29) is 5.82 Å². The lowest BCUT2D eigenvalue weighted by molar-refractivity contribution is -0.143. The van der Waals surface area contributed by atoms with E-state index in [1.165, 1.54) is 6.92 Å². The van der Waals surface area contributed by atoms with Gasteiger partial charge in [-0.25, -0.2) is 4.63 Å². The van der Waals surface area contributed by atoms with E-state index in [0.29, 0.717) is 29.1 Å². The van der Waals surface area contributed by atoms with Crippen molar-refractivity contribution in [2.75, 3.05) is 5.32 Å². The molecule has 24 heavy (non-hydrogen) atoms. The lowest BCUT2D eigenvalue weighted by atomic mass is 9.98. The molecule has 0 saturated carbocycles. The molecule has 2 aromatic heterocycles. The maximum absolute atomic E-state index is 12.6. The van der Waals surface area contributed by atoms with Gasteiger partial charge in [0.05, 0.1) is 11.6 Å². The largest absolute Gasteiger partial charge is 0.408 e. The predicted molar refractivity (Wildman–Crippen MR) is 78.5 cm³/mol. The molecule has 0 radical (unpaired) electrons. The Bertz CT molecular complexity index is 735.